The van der Waals surface area contributed by atoms with Gasteiger partial charge in [-0.15, -0.1) is 0 Å². The predicted octanol–water partition coefficient (Wildman–Crippen LogP) is 2.77. The molecular formula is C18H22N2O2. The molecule has 2 aromatic rings. The molecule has 1 N–H and O–H groups in total. The first kappa shape index (κ1) is 16.0. The Bertz CT molecular complexity index is 567. The molecule has 0 unspecified atom stereocenters. The van der Waals surface area contributed by atoms with Crippen molar-refractivity contribution in [2.45, 2.75) is 26.2 Å². The van der Waals surface area contributed by atoms with Gasteiger partial charge in [-0.2, -0.15) is 0 Å². The summed E-state index contributed by atoms with van der Waals surface area (Å²) in [6.07, 6.45) is 5.97. The Morgan fingerprint density at radius 3 is 2.68 bits per heavy atom. The molecule has 0 saturated carbocycles. The lowest BCUT2D eigenvalue weighted by Crippen LogP contribution is -2.29. The van der Waals surface area contributed by atoms with Crippen molar-refractivity contribution >= 4 is 5.91 Å². The molecule has 1 heterocycles. The average Bonchev–Trinajstić information content (AvgIpc) is 2.54. The summed E-state index contributed by atoms with van der Waals surface area (Å²) in [4.78, 5) is 15.7. The Labute approximate surface area is 131 Å². The Hall–Kier alpha value is -2.36. The van der Waals surface area contributed by atoms with Gasteiger partial charge in [0.05, 0.1) is 13.0 Å². The van der Waals surface area contributed by atoms with Gasteiger partial charge in [0.15, 0.2) is 0 Å². The van der Waals surface area contributed by atoms with Gasteiger partial charge in [0.25, 0.3) is 0 Å². The number of hydrogen-bond acceptors (Lipinski definition) is 3. The summed E-state index contributed by atoms with van der Waals surface area (Å²) in [6, 6.07) is 11.8. The molecule has 4 nitrogen and oxygen atoms in total. The minimum Gasteiger partial charge on any atom is -0.492 e. The van der Waals surface area contributed by atoms with E-state index in [1.807, 2.05) is 24.3 Å². The van der Waals surface area contributed by atoms with E-state index in [0.717, 1.165) is 24.2 Å². The van der Waals surface area contributed by atoms with Gasteiger partial charge >= 0.3 is 0 Å². The molecule has 0 aliphatic carbocycles. The van der Waals surface area contributed by atoms with Crippen molar-refractivity contribution in [2.24, 2.45) is 0 Å². The maximum Gasteiger partial charge on any atom is 0.224 e. The second kappa shape index (κ2) is 8.82. The van der Waals surface area contributed by atoms with Crippen molar-refractivity contribution in [3.63, 3.8) is 0 Å². The van der Waals surface area contributed by atoms with Gasteiger partial charge in [-0.05, 0) is 35.7 Å². The number of nitrogens with zero attached hydrogens (tertiary/aromatic N) is 1. The topological polar surface area (TPSA) is 51.2 Å². The van der Waals surface area contributed by atoms with E-state index in [1.165, 1.54) is 5.56 Å². The minimum atomic E-state index is -0.0186. The molecule has 0 bridgehead atoms. The van der Waals surface area contributed by atoms with Crippen LogP contribution in [0, 0.1) is 0 Å². The zero-order valence-electron chi connectivity index (χ0n) is 12.9. The Morgan fingerprint density at radius 1 is 1.18 bits per heavy atom. The third kappa shape index (κ3) is 5.56. The molecule has 0 aliphatic heterocycles. The fourth-order valence-corrected chi connectivity index (χ4v) is 2.15. The van der Waals surface area contributed by atoms with Gasteiger partial charge < -0.3 is 10.1 Å². The van der Waals surface area contributed by atoms with Crippen LogP contribution < -0.4 is 10.1 Å². The normalized spacial score (nSPS) is 10.2. The number of amides is 1. The van der Waals surface area contributed by atoms with Crippen LogP contribution in [0.3, 0.4) is 0 Å². The maximum atomic E-state index is 11.7. The average molecular weight is 298 g/mol. The van der Waals surface area contributed by atoms with Crippen LogP contribution in [0.5, 0.6) is 5.75 Å². The summed E-state index contributed by atoms with van der Waals surface area (Å²) in [5.74, 6) is 0.816. The predicted molar refractivity (Wildman–Crippen MR) is 86.9 cm³/mol. The molecule has 1 amide bonds. The van der Waals surface area contributed by atoms with Crippen LogP contribution in [0.1, 0.15) is 24.5 Å². The highest BCUT2D eigenvalue weighted by Crippen LogP contribution is 2.13. The van der Waals surface area contributed by atoms with Gasteiger partial charge in [0.1, 0.15) is 12.4 Å². The van der Waals surface area contributed by atoms with Crippen molar-refractivity contribution in [2.75, 3.05) is 13.2 Å². The van der Waals surface area contributed by atoms with Gasteiger partial charge in [0.2, 0.25) is 5.91 Å². The zero-order chi connectivity index (χ0) is 15.6. The molecule has 1 aromatic heterocycles. The van der Waals surface area contributed by atoms with Crippen LogP contribution in [0.4, 0.5) is 0 Å². The molecule has 1 aromatic carbocycles. The van der Waals surface area contributed by atoms with E-state index in [2.05, 4.69) is 29.4 Å². The highest BCUT2D eigenvalue weighted by molar-refractivity contribution is 5.78. The number of carbonyl (C=O) groups excluding carboxylic acids is 1. The van der Waals surface area contributed by atoms with E-state index in [4.69, 9.17) is 4.74 Å². The van der Waals surface area contributed by atoms with E-state index in [9.17, 15) is 4.79 Å². The summed E-state index contributed by atoms with van der Waals surface area (Å²) < 4.78 is 5.61. The zero-order valence-corrected chi connectivity index (χ0v) is 12.9. The molecule has 116 valence electrons. The Balaban J connectivity index is 1.65. The number of ether oxygens (including phenoxy) is 1. The molecule has 0 saturated heterocycles. The molecule has 0 radical (unpaired) electrons. The van der Waals surface area contributed by atoms with E-state index >= 15 is 0 Å². The number of carbonyl (C=O) groups is 1. The van der Waals surface area contributed by atoms with Crippen molar-refractivity contribution in [1.82, 2.24) is 10.3 Å². The quantitative estimate of drug-likeness (QED) is 0.762. The van der Waals surface area contributed by atoms with Gasteiger partial charge in [0, 0.05) is 12.4 Å². The Kier molecular flexibility index (Phi) is 6.42. The van der Waals surface area contributed by atoms with E-state index in [1.54, 1.807) is 12.4 Å². The lowest BCUT2D eigenvalue weighted by molar-refractivity contribution is -0.120. The molecule has 0 aliphatic rings. The first-order valence-corrected chi connectivity index (χ1v) is 7.65. The van der Waals surface area contributed by atoms with Crippen LogP contribution in [0.25, 0.3) is 0 Å². The molecule has 22 heavy (non-hydrogen) atoms. The maximum absolute atomic E-state index is 11.7. The molecule has 0 atom stereocenters. The number of rotatable bonds is 8. The SMILES string of the molecule is CCCc1ccc(OCCNC(=O)Cc2cccnc2)cc1. The smallest absolute Gasteiger partial charge is 0.224 e. The van der Waals surface area contributed by atoms with Crippen molar-refractivity contribution < 1.29 is 9.53 Å². The third-order valence-corrected chi connectivity index (χ3v) is 3.24. The van der Waals surface area contributed by atoms with Gasteiger partial charge in [-0.3, -0.25) is 9.78 Å². The largest absolute Gasteiger partial charge is 0.492 e. The lowest BCUT2D eigenvalue weighted by Gasteiger charge is -2.08. The van der Waals surface area contributed by atoms with Crippen molar-refractivity contribution in [3.05, 3.63) is 59.9 Å². The Morgan fingerprint density at radius 2 is 2.00 bits per heavy atom. The summed E-state index contributed by atoms with van der Waals surface area (Å²) in [6.45, 7) is 3.13. The summed E-state index contributed by atoms with van der Waals surface area (Å²) in [5.41, 5.74) is 2.23. The number of aryl methyl sites for hydroxylation is 1. The monoisotopic (exact) mass is 298 g/mol. The van der Waals surface area contributed by atoms with Crippen LogP contribution >= 0.6 is 0 Å². The van der Waals surface area contributed by atoms with E-state index in [0.29, 0.717) is 19.6 Å². The second-order valence-electron chi connectivity index (χ2n) is 5.13. The number of hydrogen-bond donors (Lipinski definition) is 1. The summed E-state index contributed by atoms with van der Waals surface area (Å²) in [7, 11) is 0. The second-order valence-corrected chi connectivity index (χ2v) is 5.13. The molecule has 0 spiro atoms. The van der Waals surface area contributed by atoms with Gasteiger partial charge in [-0.1, -0.05) is 31.5 Å². The highest BCUT2D eigenvalue weighted by Gasteiger charge is 2.02. The molecule has 2 rings (SSSR count). The standard InChI is InChI=1S/C18H22N2O2/c1-2-4-15-6-8-17(9-7-15)22-12-11-20-18(21)13-16-5-3-10-19-14-16/h3,5-10,14H,2,4,11-13H2,1H3,(H,20,21). The lowest BCUT2D eigenvalue weighted by atomic mass is 10.1. The first-order chi connectivity index (χ1) is 10.8. The van der Waals surface area contributed by atoms with E-state index in [-0.39, 0.29) is 5.91 Å². The third-order valence-electron chi connectivity index (χ3n) is 3.24. The highest BCUT2D eigenvalue weighted by atomic mass is 16.5. The number of nitrogens with one attached hydrogen (secondary N) is 1. The summed E-state index contributed by atoms with van der Waals surface area (Å²) in [5, 5.41) is 2.84. The van der Waals surface area contributed by atoms with Crippen LogP contribution in [0.2, 0.25) is 0 Å². The van der Waals surface area contributed by atoms with Crippen molar-refractivity contribution in [1.29, 1.82) is 0 Å². The van der Waals surface area contributed by atoms with Gasteiger partial charge in [-0.25, -0.2) is 0 Å². The number of aromatic nitrogens is 1. The molecule has 0 fully saturated rings. The first-order valence-electron chi connectivity index (χ1n) is 7.65. The fourth-order valence-electron chi connectivity index (χ4n) is 2.15. The molecule has 4 heteroatoms. The van der Waals surface area contributed by atoms with E-state index < -0.39 is 0 Å². The fraction of sp³-hybridized carbons (Fsp3) is 0.333. The number of benzene rings is 1. The van der Waals surface area contributed by atoms with Crippen molar-refractivity contribution in [3.8, 4) is 5.75 Å². The summed E-state index contributed by atoms with van der Waals surface area (Å²) >= 11 is 0. The molecular weight excluding hydrogens is 276 g/mol. The number of pyridine rings is 1. The van der Waals surface area contributed by atoms with Crippen LogP contribution in [-0.4, -0.2) is 24.0 Å². The van der Waals surface area contributed by atoms with Crippen LogP contribution in [0.15, 0.2) is 48.8 Å². The van der Waals surface area contributed by atoms with Crippen LogP contribution in [-0.2, 0) is 17.6 Å². The minimum absolute atomic E-state index is 0.0186.